The number of carbonyl (C=O) groups is 3. The Morgan fingerprint density at radius 3 is 1.36 bits per heavy atom. The second-order valence-electron chi connectivity index (χ2n) is 15.2. The molecule has 3 atom stereocenters. The molecule has 0 heterocycles. The molecule has 0 aromatic rings. The van der Waals surface area contributed by atoms with Crippen LogP contribution in [0, 0.1) is 0 Å². The second-order valence-corrected chi connectivity index (χ2v) is 15.2. The largest absolute Gasteiger partial charge is 0.463 e. The summed E-state index contributed by atoms with van der Waals surface area (Å²) in [5, 5.41) is 21.4. The molecule has 0 aromatic heterocycles. The van der Waals surface area contributed by atoms with Crippen molar-refractivity contribution in [2.75, 3.05) is 32.8 Å². The molecule has 0 spiro atoms. The number of hydrogen-bond acceptors (Lipinski definition) is 10. The minimum absolute atomic E-state index is 0.125. The van der Waals surface area contributed by atoms with Crippen molar-refractivity contribution in [3.8, 4) is 0 Å². The van der Waals surface area contributed by atoms with E-state index in [4.69, 9.17) is 19.9 Å². The van der Waals surface area contributed by atoms with Crippen LogP contribution >= 0.6 is 0 Å². The number of carbonyl (C=O) groups excluding carboxylic acids is 3. The monoisotopic (exact) mass is 715 g/mol. The maximum atomic E-state index is 12.3. The van der Waals surface area contributed by atoms with Crippen molar-refractivity contribution >= 4 is 17.9 Å². The van der Waals surface area contributed by atoms with Crippen LogP contribution < -0.4 is 5.73 Å². The lowest BCUT2D eigenvalue weighted by molar-refractivity contribution is -0.156. The zero-order valence-corrected chi connectivity index (χ0v) is 32.9. The van der Waals surface area contributed by atoms with E-state index in [1.807, 2.05) is 4.90 Å². The number of esters is 3. The van der Waals surface area contributed by atoms with E-state index in [1.165, 1.54) is 77.0 Å². The van der Waals surface area contributed by atoms with Gasteiger partial charge in [0.1, 0.15) is 37.1 Å². The fraction of sp³-hybridized carbons (Fsp3) is 0.925. The lowest BCUT2D eigenvalue weighted by Gasteiger charge is -2.27. The van der Waals surface area contributed by atoms with Crippen molar-refractivity contribution in [1.82, 2.24) is 4.90 Å². The van der Waals surface area contributed by atoms with Crippen LogP contribution in [0.1, 0.15) is 182 Å². The SMILES string of the molecule is CCCCCCCCCCCC(=O)OCC(O)CN(CCCCC(N)C(=O)OC(C)(C)C)CC(O)COC(=O)CCCCCCCCCCC. The van der Waals surface area contributed by atoms with Crippen LogP contribution in [-0.4, -0.2) is 89.7 Å². The molecular formula is C40H78N2O8. The average molecular weight is 715 g/mol. The van der Waals surface area contributed by atoms with Gasteiger partial charge in [-0.1, -0.05) is 123 Å². The zero-order valence-electron chi connectivity index (χ0n) is 32.9. The van der Waals surface area contributed by atoms with Crippen LogP contribution in [0.15, 0.2) is 0 Å². The van der Waals surface area contributed by atoms with Gasteiger partial charge >= 0.3 is 17.9 Å². The van der Waals surface area contributed by atoms with Crippen LogP contribution in [-0.2, 0) is 28.6 Å². The summed E-state index contributed by atoms with van der Waals surface area (Å²) in [5.41, 5.74) is 5.43. The summed E-state index contributed by atoms with van der Waals surface area (Å²) in [6, 6.07) is -0.728. The van der Waals surface area contributed by atoms with Gasteiger partial charge in [-0.2, -0.15) is 0 Å². The predicted molar refractivity (Wildman–Crippen MR) is 202 cm³/mol. The Labute approximate surface area is 305 Å². The summed E-state index contributed by atoms with van der Waals surface area (Å²) >= 11 is 0. The highest BCUT2D eigenvalue weighted by molar-refractivity contribution is 5.75. The number of aliphatic hydroxyl groups excluding tert-OH is 2. The minimum atomic E-state index is -0.938. The van der Waals surface area contributed by atoms with Crippen molar-refractivity contribution in [3.05, 3.63) is 0 Å². The minimum Gasteiger partial charge on any atom is -0.463 e. The fourth-order valence-electron chi connectivity index (χ4n) is 5.84. The van der Waals surface area contributed by atoms with Gasteiger partial charge < -0.3 is 30.2 Å². The van der Waals surface area contributed by atoms with Gasteiger partial charge in [0.05, 0.1) is 0 Å². The van der Waals surface area contributed by atoms with E-state index < -0.39 is 29.8 Å². The van der Waals surface area contributed by atoms with Gasteiger partial charge in [0, 0.05) is 25.9 Å². The van der Waals surface area contributed by atoms with E-state index in [0.717, 1.165) is 38.5 Å². The second kappa shape index (κ2) is 31.9. The van der Waals surface area contributed by atoms with Gasteiger partial charge in [0.2, 0.25) is 0 Å². The molecule has 3 unspecified atom stereocenters. The summed E-state index contributed by atoms with van der Waals surface area (Å²) in [6.07, 6.45) is 21.5. The lowest BCUT2D eigenvalue weighted by atomic mass is 10.1. The standard InChI is InChI=1S/C40H78N2O8/c1-6-8-10-12-14-16-18-20-22-27-37(45)48-32-34(43)30-42(29-25-24-26-36(41)39(47)50-40(3,4)5)31-35(44)33-49-38(46)28-23-21-19-17-15-13-11-9-7-2/h34-36,43-44H,6-33,41H2,1-5H3. The van der Waals surface area contributed by atoms with Gasteiger partial charge in [-0.25, -0.2) is 0 Å². The molecule has 296 valence electrons. The maximum Gasteiger partial charge on any atom is 0.323 e. The van der Waals surface area contributed by atoms with Crippen LogP contribution in [0.3, 0.4) is 0 Å². The van der Waals surface area contributed by atoms with Crippen LogP contribution in [0.25, 0.3) is 0 Å². The Morgan fingerprint density at radius 1 is 0.600 bits per heavy atom. The average Bonchev–Trinajstić information content (AvgIpc) is 3.05. The van der Waals surface area contributed by atoms with E-state index in [1.54, 1.807) is 20.8 Å². The third-order valence-corrected chi connectivity index (χ3v) is 8.73. The summed E-state index contributed by atoms with van der Waals surface area (Å²) in [4.78, 5) is 38.7. The summed E-state index contributed by atoms with van der Waals surface area (Å²) < 4.78 is 16.1. The summed E-state index contributed by atoms with van der Waals surface area (Å²) in [5.74, 6) is -1.06. The van der Waals surface area contributed by atoms with Gasteiger partial charge in [0.25, 0.3) is 0 Å². The van der Waals surface area contributed by atoms with E-state index in [9.17, 15) is 24.6 Å². The number of ether oxygens (including phenoxy) is 3. The van der Waals surface area contributed by atoms with E-state index in [0.29, 0.717) is 38.6 Å². The number of nitrogens with two attached hydrogens (primary N) is 1. The summed E-state index contributed by atoms with van der Waals surface area (Å²) in [6.45, 7) is 10.4. The van der Waals surface area contributed by atoms with E-state index in [-0.39, 0.29) is 38.2 Å². The quantitative estimate of drug-likeness (QED) is 0.0343. The molecule has 0 aromatic carbocycles. The highest BCUT2D eigenvalue weighted by Gasteiger charge is 2.23. The summed E-state index contributed by atoms with van der Waals surface area (Å²) in [7, 11) is 0. The Balaban J connectivity index is 4.62. The molecule has 10 heteroatoms. The fourth-order valence-corrected chi connectivity index (χ4v) is 5.84. The molecule has 0 aliphatic rings. The molecule has 0 amide bonds. The number of rotatable bonds is 34. The van der Waals surface area contributed by atoms with E-state index >= 15 is 0 Å². The number of aliphatic hydroxyl groups is 2. The molecule has 0 bridgehead atoms. The predicted octanol–water partition coefficient (Wildman–Crippen LogP) is 7.78. The third-order valence-electron chi connectivity index (χ3n) is 8.73. The van der Waals surface area contributed by atoms with Crippen LogP contribution in [0.5, 0.6) is 0 Å². The molecular weight excluding hydrogens is 636 g/mol. The van der Waals surface area contributed by atoms with E-state index in [2.05, 4.69) is 13.8 Å². The molecule has 4 N–H and O–H groups in total. The van der Waals surface area contributed by atoms with Gasteiger partial charge in [-0.15, -0.1) is 0 Å². The van der Waals surface area contributed by atoms with Crippen LogP contribution in [0.4, 0.5) is 0 Å². The molecule has 0 rings (SSSR count). The smallest absolute Gasteiger partial charge is 0.323 e. The molecule has 10 nitrogen and oxygen atoms in total. The molecule has 0 aliphatic carbocycles. The van der Waals surface area contributed by atoms with Gasteiger partial charge in [0.15, 0.2) is 0 Å². The highest BCUT2D eigenvalue weighted by Crippen LogP contribution is 2.14. The highest BCUT2D eigenvalue weighted by atomic mass is 16.6. The Kier molecular flexibility index (Phi) is 30.8. The van der Waals surface area contributed by atoms with Crippen molar-refractivity contribution in [3.63, 3.8) is 0 Å². The number of hydrogen-bond donors (Lipinski definition) is 3. The zero-order chi connectivity index (χ0) is 37.5. The number of nitrogens with zero attached hydrogens (tertiary/aromatic N) is 1. The Hall–Kier alpha value is -1.75. The Bertz CT molecular complexity index is 789. The first-order chi connectivity index (χ1) is 23.9. The maximum absolute atomic E-state index is 12.3. The first-order valence-corrected chi connectivity index (χ1v) is 20.3. The van der Waals surface area contributed by atoms with Crippen molar-refractivity contribution in [2.45, 2.75) is 206 Å². The van der Waals surface area contributed by atoms with Crippen LogP contribution in [0.2, 0.25) is 0 Å². The van der Waals surface area contributed by atoms with Gasteiger partial charge in [-0.3, -0.25) is 19.3 Å². The molecule has 0 radical (unpaired) electrons. The molecule has 0 fully saturated rings. The molecule has 0 saturated heterocycles. The van der Waals surface area contributed by atoms with Crippen molar-refractivity contribution in [2.24, 2.45) is 5.73 Å². The van der Waals surface area contributed by atoms with Gasteiger partial charge in [-0.05, 0) is 53.0 Å². The topological polar surface area (TPSA) is 149 Å². The third kappa shape index (κ3) is 32.2. The molecule has 0 aliphatic heterocycles. The Morgan fingerprint density at radius 2 is 0.980 bits per heavy atom. The van der Waals surface area contributed by atoms with Crippen molar-refractivity contribution < 1.29 is 38.8 Å². The first kappa shape index (κ1) is 48.2. The lowest BCUT2D eigenvalue weighted by Crippen LogP contribution is -2.42. The first-order valence-electron chi connectivity index (χ1n) is 20.3. The number of unbranched alkanes of at least 4 members (excludes halogenated alkanes) is 17. The normalized spacial score (nSPS) is 13.6. The molecule has 50 heavy (non-hydrogen) atoms. The van der Waals surface area contributed by atoms with Crippen molar-refractivity contribution in [1.29, 1.82) is 0 Å². The molecule has 0 saturated carbocycles.